The van der Waals surface area contributed by atoms with Gasteiger partial charge in [0, 0.05) is 5.75 Å². The van der Waals surface area contributed by atoms with Crippen molar-refractivity contribution in [3.63, 3.8) is 0 Å². The highest BCUT2D eigenvalue weighted by Crippen LogP contribution is 2.03. The van der Waals surface area contributed by atoms with Crippen LogP contribution in [0.25, 0.3) is 0 Å². The normalized spacial score (nSPS) is 9.00. The Labute approximate surface area is 68.9 Å². The van der Waals surface area contributed by atoms with Crippen LogP contribution in [0.4, 0.5) is 0 Å². The molecule has 0 spiro atoms. The van der Waals surface area contributed by atoms with Crippen LogP contribution in [-0.4, -0.2) is 5.75 Å². The summed E-state index contributed by atoms with van der Waals surface area (Å²) < 4.78 is 0. The zero-order valence-corrected chi connectivity index (χ0v) is 6.91. The molecule has 0 saturated carbocycles. The molecule has 0 fully saturated rings. The molecule has 2 nitrogen and oxygen atoms in total. The lowest BCUT2D eigenvalue weighted by atomic mass is 10.5. The lowest BCUT2D eigenvalue weighted by molar-refractivity contribution is 1.25. The molecule has 0 saturated heterocycles. The SMILES string of the molecule is N#CS/C=C/CCSC#N. The zero-order valence-electron chi connectivity index (χ0n) is 5.28. The molecule has 10 heavy (non-hydrogen) atoms. The van der Waals surface area contributed by atoms with Gasteiger partial charge < -0.3 is 0 Å². The summed E-state index contributed by atoms with van der Waals surface area (Å²) in [5.41, 5.74) is 0. The third-order valence-corrected chi connectivity index (χ3v) is 1.67. The van der Waals surface area contributed by atoms with Gasteiger partial charge in [-0.05, 0) is 35.4 Å². The van der Waals surface area contributed by atoms with Gasteiger partial charge in [-0.3, -0.25) is 0 Å². The van der Waals surface area contributed by atoms with Crippen LogP contribution in [0.3, 0.4) is 0 Å². The van der Waals surface area contributed by atoms with Crippen LogP contribution in [0.15, 0.2) is 11.5 Å². The molecule has 0 aromatic carbocycles. The second kappa shape index (κ2) is 8.42. The van der Waals surface area contributed by atoms with Crippen LogP contribution in [0, 0.1) is 21.3 Å². The number of hydrogen-bond donors (Lipinski definition) is 0. The molecule has 0 aromatic rings. The van der Waals surface area contributed by atoms with Crippen molar-refractivity contribution in [3.8, 4) is 10.8 Å². The van der Waals surface area contributed by atoms with Crippen molar-refractivity contribution in [2.45, 2.75) is 6.42 Å². The monoisotopic (exact) mass is 170 g/mol. The second-order valence-electron chi connectivity index (χ2n) is 1.31. The van der Waals surface area contributed by atoms with Gasteiger partial charge >= 0.3 is 0 Å². The summed E-state index contributed by atoms with van der Waals surface area (Å²) in [5, 5.41) is 21.8. The minimum atomic E-state index is 0.805. The fourth-order valence-corrected chi connectivity index (χ4v) is 0.958. The molecule has 0 bridgehead atoms. The Kier molecular flexibility index (Phi) is 7.93. The standard InChI is InChI=1S/C6H6N2S2/c7-5-9-3-1-2-4-10-6-8/h1,3H,2,4H2/b3-1+. The summed E-state index contributed by atoms with van der Waals surface area (Å²) in [6.45, 7) is 0. The molecule has 0 radical (unpaired) electrons. The van der Waals surface area contributed by atoms with E-state index >= 15 is 0 Å². The van der Waals surface area contributed by atoms with Gasteiger partial charge in [-0.1, -0.05) is 6.08 Å². The van der Waals surface area contributed by atoms with E-state index in [9.17, 15) is 0 Å². The highest BCUT2D eigenvalue weighted by Gasteiger charge is 1.80. The van der Waals surface area contributed by atoms with Crippen molar-refractivity contribution in [1.29, 1.82) is 10.5 Å². The lowest BCUT2D eigenvalue weighted by Gasteiger charge is -1.82. The van der Waals surface area contributed by atoms with Crippen LogP contribution in [0.5, 0.6) is 0 Å². The van der Waals surface area contributed by atoms with E-state index in [1.54, 1.807) is 5.41 Å². The van der Waals surface area contributed by atoms with Crippen LogP contribution in [0.1, 0.15) is 6.42 Å². The minimum absolute atomic E-state index is 0.805. The van der Waals surface area contributed by atoms with Crippen LogP contribution in [-0.2, 0) is 0 Å². The van der Waals surface area contributed by atoms with Gasteiger partial charge in [0.25, 0.3) is 0 Å². The maximum Gasteiger partial charge on any atom is 0.137 e. The molecule has 52 valence electrons. The molecule has 4 heteroatoms. The number of nitrogens with zero attached hydrogens (tertiary/aromatic N) is 2. The third kappa shape index (κ3) is 7.42. The van der Waals surface area contributed by atoms with Gasteiger partial charge in [-0.2, -0.15) is 10.5 Å². The molecule has 0 aliphatic heterocycles. The molecule has 0 N–H and O–H groups in total. The Hall–Kier alpha value is -0.580. The van der Waals surface area contributed by atoms with Crippen molar-refractivity contribution in [2.75, 3.05) is 5.75 Å². The van der Waals surface area contributed by atoms with Crippen LogP contribution < -0.4 is 0 Å². The van der Waals surface area contributed by atoms with Gasteiger partial charge in [-0.25, -0.2) is 0 Å². The number of thiocyanates is 2. The Morgan fingerprint density at radius 1 is 1.30 bits per heavy atom. The molecule has 0 amide bonds. The molecule has 0 aliphatic rings. The number of hydrogen-bond acceptors (Lipinski definition) is 4. The molecule has 0 rings (SSSR count). The van der Waals surface area contributed by atoms with Gasteiger partial charge in [0.15, 0.2) is 0 Å². The number of allylic oxidation sites excluding steroid dienone is 1. The highest BCUT2D eigenvalue weighted by molar-refractivity contribution is 8.06. The van der Waals surface area contributed by atoms with Crippen molar-refractivity contribution < 1.29 is 0 Å². The fraction of sp³-hybridized carbons (Fsp3) is 0.333. The molecular weight excluding hydrogens is 164 g/mol. The van der Waals surface area contributed by atoms with Crippen LogP contribution in [0.2, 0.25) is 0 Å². The molecule has 0 aromatic heterocycles. The summed E-state index contributed by atoms with van der Waals surface area (Å²) in [4.78, 5) is 0. The van der Waals surface area contributed by atoms with E-state index in [1.165, 1.54) is 11.8 Å². The Bertz CT molecular complexity index is 175. The molecule has 0 atom stereocenters. The maximum absolute atomic E-state index is 8.10. The third-order valence-electron chi connectivity index (χ3n) is 0.668. The Morgan fingerprint density at radius 3 is 2.70 bits per heavy atom. The second-order valence-corrected chi connectivity index (χ2v) is 2.88. The summed E-state index contributed by atoms with van der Waals surface area (Å²) in [6.07, 6.45) is 2.74. The van der Waals surface area contributed by atoms with E-state index in [-0.39, 0.29) is 0 Å². The van der Waals surface area contributed by atoms with Crippen molar-refractivity contribution in [3.05, 3.63) is 11.5 Å². The number of rotatable bonds is 4. The number of nitriles is 2. The van der Waals surface area contributed by atoms with Crippen molar-refractivity contribution in [1.82, 2.24) is 0 Å². The average Bonchev–Trinajstić information content (AvgIpc) is 1.97. The Morgan fingerprint density at radius 2 is 2.10 bits per heavy atom. The lowest BCUT2D eigenvalue weighted by Crippen LogP contribution is -1.69. The van der Waals surface area contributed by atoms with Crippen molar-refractivity contribution in [2.24, 2.45) is 0 Å². The minimum Gasteiger partial charge on any atom is -0.185 e. The quantitative estimate of drug-likeness (QED) is 0.480. The van der Waals surface area contributed by atoms with E-state index in [0.29, 0.717) is 0 Å². The highest BCUT2D eigenvalue weighted by atomic mass is 32.2. The summed E-state index contributed by atoms with van der Waals surface area (Å²) in [7, 11) is 0. The smallest absolute Gasteiger partial charge is 0.137 e. The first kappa shape index (κ1) is 9.42. The van der Waals surface area contributed by atoms with Gasteiger partial charge in [-0.15, -0.1) is 0 Å². The Balaban J connectivity index is 3.06. The predicted octanol–water partition coefficient (Wildman–Crippen LogP) is 2.32. The fourth-order valence-electron chi connectivity index (χ4n) is 0.319. The van der Waals surface area contributed by atoms with Gasteiger partial charge in [0.05, 0.1) is 0 Å². The number of thioether (sulfide) groups is 2. The average molecular weight is 170 g/mol. The van der Waals surface area contributed by atoms with Gasteiger partial charge in [0.2, 0.25) is 0 Å². The van der Waals surface area contributed by atoms with Crippen LogP contribution >= 0.6 is 23.5 Å². The van der Waals surface area contributed by atoms with E-state index in [2.05, 4.69) is 0 Å². The zero-order chi connectivity index (χ0) is 7.66. The summed E-state index contributed by atoms with van der Waals surface area (Å²) >= 11 is 2.33. The van der Waals surface area contributed by atoms with Gasteiger partial charge in [0.1, 0.15) is 10.8 Å². The van der Waals surface area contributed by atoms with E-state index in [1.807, 2.05) is 16.9 Å². The molecule has 0 unspecified atom stereocenters. The first-order valence-electron chi connectivity index (χ1n) is 2.62. The predicted molar refractivity (Wildman–Crippen MR) is 45.0 cm³/mol. The first-order chi connectivity index (χ1) is 4.91. The maximum atomic E-state index is 8.10. The van der Waals surface area contributed by atoms with E-state index in [4.69, 9.17) is 10.5 Å². The molecule has 0 heterocycles. The largest absolute Gasteiger partial charge is 0.185 e. The van der Waals surface area contributed by atoms with E-state index in [0.717, 1.165) is 23.9 Å². The summed E-state index contributed by atoms with van der Waals surface area (Å²) in [5.74, 6) is 0.805. The molecule has 0 aliphatic carbocycles. The van der Waals surface area contributed by atoms with Crippen molar-refractivity contribution >= 4 is 23.5 Å². The topological polar surface area (TPSA) is 47.6 Å². The molecular formula is C6H6N2S2. The van der Waals surface area contributed by atoms with E-state index < -0.39 is 0 Å². The summed E-state index contributed by atoms with van der Waals surface area (Å²) in [6, 6.07) is 0. The first-order valence-corrected chi connectivity index (χ1v) is 4.49.